The Bertz CT molecular complexity index is 200. The highest BCUT2D eigenvalue weighted by molar-refractivity contribution is 6.57. The number of aliphatic hydroxyl groups is 1. The smallest absolute Gasteiger partial charge is 0.343 e. The van der Waals surface area contributed by atoms with Crippen LogP contribution in [0.1, 0.15) is 0 Å². The van der Waals surface area contributed by atoms with E-state index in [4.69, 9.17) is 28.3 Å². The van der Waals surface area contributed by atoms with Gasteiger partial charge in [-0.3, -0.25) is 0 Å². The van der Waals surface area contributed by atoms with Crippen molar-refractivity contribution >= 4 is 29.2 Å². The van der Waals surface area contributed by atoms with Crippen LogP contribution in [0.3, 0.4) is 0 Å². The molecule has 0 saturated carbocycles. The predicted octanol–water partition coefficient (Wildman–Crippen LogP) is 0.312. The third kappa shape index (κ3) is 4.13. The number of hydrogen-bond acceptors (Lipinski definition) is 2. The fourth-order valence-corrected chi connectivity index (χ4v) is 0.914. The Morgan fingerprint density at radius 1 is 1.46 bits per heavy atom. The van der Waals surface area contributed by atoms with Crippen molar-refractivity contribution in [1.29, 1.82) is 0 Å². The monoisotopic (exact) mass is 230 g/mol. The number of aliphatic carboxylic acids is 1. The average Bonchev–Trinajstić information content (AvgIpc) is 1.82. The molecule has 6 heteroatoms. The molecule has 13 heavy (non-hydrogen) atoms. The maximum absolute atomic E-state index is 10.5. The first-order valence-electron chi connectivity index (χ1n) is 3.67. The number of carboxylic acids is 1. The van der Waals surface area contributed by atoms with Crippen molar-refractivity contribution < 1.29 is 19.5 Å². The highest BCUT2D eigenvalue weighted by Crippen LogP contribution is 2.26. The van der Waals surface area contributed by atoms with Crippen LogP contribution in [0.15, 0.2) is 0 Å². The highest BCUT2D eigenvalue weighted by Gasteiger charge is 2.44. The van der Waals surface area contributed by atoms with Gasteiger partial charge in [0.05, 0.1) is 21.1 Å². The lowest BCUT2D eigenvalue weighted by molar-refractivity contribution is -0.873. The van der Waals surface area contributed by atoms with Crippen LogP contribution < -0.4 is 0 Å². The molecule has 0 radical (unpaired) electrons. The number of quaternary nitrogens is 1. The molecule has 1 atom stereocenters. The van der Waals surface area contributed by atoms with Gasteiger partial charge in [-0.15, -0.1) is 0 Å². The van der Waals surface area contributed by atoms with Crippen LogP contribution in [-0.2, 0) is 4.79 Å². The topological polar surface area (TPSA) is 57.5 Å². The first-order valence-corrected chi connectivity index (χ1v) is 4.42. The van der Waals surface area contributed by atoms with E-state index in [1.807, 2.05) is 0 Å². The number of likely N-dealkylation sites (N-methyl/N-ethyl adjacent to an activating group) is 1. The van der Waals surface area contributed by atoms with Gasteiger partial charge in [-0.2, -0.15) is 0 Å². The van der Waals surface area contributed by atoms with E-state index < -0.39 is 16.4 Å². The molecule has 0 aliphatic rings. The second kappa shape index (κ2) is 4.00. The van der Waals surface area contributed by atoms with Gasteiger partial charge in [0, 0.05) is 0 Å². The number of carbonyl (C=O) groups is 1. The van der Waals surface area contributed by atoms with Crippen LogP contribution in [0.25, 0.3) is 0 Å². The maximum Gasteiger partial charge on any atom is 0.343 e. The summed E-state index contributed by atoms with van der Waals surface area (Å²) >= 11 is 10.9. The summed E-state index contributed by atoms with van der Waals surface area (Å²) in [6.07, 6.45) is -1.30. The molecule has 0 rings (SSSR count). The van der Waals surface area contributed by atoms with E-state index >= 15 is 0 Å². The summed E-state index contributed by atoms with van der Waals surface area (Å²) in [6.45, 7) is 0.166. The Balaban J connectivity index is 4.43. The Labute approximate surface area is 87.3 Å². The molecule has 1 unspecified atom stereocenters. The zero-order valence-electron chi connectivity index (χ0n) is 7.79. The normalized spacial score (nSPS) is 15.5. The van der Waals surface area contributed by atoms with Crippen molar-refractivity contribution in [3.63, 3.8) is 0 Å². The number of rotatable bonds is 4. The number of nitrogens with zero attached hydrogens (tertiary/aromatic N) is 1. The molecule has 0 heterocycles. The summed E-state index contributed by atoms with van der Waals surface area (Å²) in [4.78, 5) is 10.5. The van der Waals surface area contributed by atoms with Crippen LogP contribution in [-0.4, -0.2) is 58.8 Å². The lowest BCUT2D eigenvalue weighted by Crippen LogP contribution is -2.50. The predicted molar refractivity (Wildman–Crippen MR) is 51.0 cm³/mol. The zero-order valence-corrected chi connectivity index (χ0v) is 9.30. The van der Waals surface area contributed by atoms with E-state index in [1.54, 1.807) is 21.1 Å². The first kappa shape index (κ1) is 13.0. The van der Waals surface area contributed by atoms with Gasteiger partial charge in [-0.1, -0.05) is 23.2 Å². The van der Waals surface area contributed by atoms with Crippen LogP contribution in [0.2, 0.25) is 0 Å². The molecule has 0 aromatic rings. The molecule has 0 aliphatic carbocycles. The number of carboxylic acid groups (broad SMARTS) is 1. The highest BCUT2D eigenvalue weighted by atomic mass is 35.5. The third-order valence-electron chi connectivity index (χ3n) is 1.42. The molecule has 0 spiro atoms. The Morgan fingerprint density at radius 2 is 1.85 bits per heavy atom. The van der Waals surface area contributed by atoms with Crippen molar-refractivity contribution in [2.45, 2.75) is 10.4 Å². The molecule has 4 nitrogen and oxygen atoms in total. The first-order chi connectivity index (χ1) is 5.57. The van der Waals surface area contributed by atoms with Crippen molar-refractivity contribution in [3.05, 3.63) is 0 Å². The fraction of sp³-hybridized carbons (Fsp3) is 0.857. The zero-order chi connectivity index (χ0) is 10.9. The average molecular weight is 231 g/mol. The van der Waals surface area contributed by atoms with E-state index in [0.29, 0.717) is 4.48 Å². The number of aliphatic hydroxyl groups excluding tert-OH is 1. The lowest BCUT2D eigenvalue weighted by Gasteiger charge is -2.30. The Kier molecular flexibility index (Phi) is 3.99. The standard InChI is InChI=1S/C7H13Cl2NO3/c1-10(2,3)4-5(11)7(8,9)6(12)13/h5,11H,4H2,1-3H3/p+1. The lowest BCUT2D eigenvalue weighted by atomic mass is 10.2. The van der Waals surface area contributed by atoms with Gasteiger partial charge in [0.1, 0.15) is 12.6 Å². The Hall–Kier alpha value is -0.0300. The van der Waals surface area contributed by atoms with Gasteiger partial charge in [0.2, 0.25) is 4.33 Å². The summed E-state index contributed by atoms with van der Waals surface area (Å²) < 4.78 is -1.75. The molecular weight excluding hydrogens is 217 g/mol. The van der Waals surface area contributed by atoms with Crippen molar-refractivity contribution in [3.8, 4) is 0 Å². The molecule has 0 saturated heterocycles. The van der Waals surface area contributed by atoms with Gasteiger partial charge in [-0.25, -0.2) is 4.79 Å². The second-order valence-electron chi connectivity index (χ2n) is 3.92. The quantitative estimate of drug-likeness (QED) is 0.540. The van der Waals surface area contributed by atoms with Crippen molar-refractivity contribution in [1.82, 2.24) is 0 Å². The van der Waals surface area contributed by atoms with Gasteiger partial charge >= 0.3 is 5.97 Å². The van der Waals surface area contributed by atoms with Gasteiger partial charge in [0.25, 0.3) is 0 Å². The molecule has 0 bridgehead atoms. The van der Waals surface area contributed by atoms with E-state index in [1.165, 1.54) is 0 Å². The SMILES string of the molecule is C[N+](C)(C)CC(O)C(Cl)(Cl)C(=O)O. The largest absolute Gasteiger partial charge is 0.479 e. The van der Waals surface area contributed by atoms with E-state index in [9.17, 15) is 9.90 Å². The third-order valence-corrected chi connectivity index (χ3v) is 2.25. The van der Waals surface area contributed by atoms with Crippen molar-refractivity contribution in [2.75, 3.05) is 27.7 Å². The number of halogens is 2. The van der Waals surface area contributed by atoms with Gasteiger partial charge in [-0.05, 0) is 0 Å². The summed E-state index contributed by atoms with van der Waals surface area (Å²) in [5.74, 6) is -1.43. The fourth-order valence-electron chi connectivity index (χ4n) is 0.776. The van der Waals surface area contributed by atoms with E-state index in [2.05, 4.69) is 0 Å². The summed E-state index contributed by atoms with van der Waals surface area (Å²) in [6, 6.07) is 0. The van der Waals surface area contributed by atoms with Gasteiger partial charge in [0.15, 0.2) is 0 Å². The molecule has 78 valence electrons. The van der Waals surface area contributed by atoms with Gasteiger partial charge < -0.3 is 14.7 Å². The molecule has 0 aromatic heterocycles. The molecule has 0 fully saturated rings. The van der Waals surface area contributed by atoms with Crippen molar-refractivity contribution in [2.24, 2.45) is 0 Å². The molecular formula is C7H14Cl2NO3+. The van der Waals surface area contributed by atoms with Crippen LogP contribution >= 0.6 is 23.2 Å². The minimum absolute atomic E-state index is 0.166. The number of hydrogen-bond donors (Lipinski definition) is 2. The molecule has 0 aromatic carbocycles. The van der Waals surface area contributed by atoms with Crippen LogP contribution in [0, 0.1) is 0 Å². The minimum Gasteiger partial charge on any atom is -0.479 e. The summed E-state index contributed by atoms with van der Waals surface area (Å²) in [7, 11) is 5.40. The second-order valence-corrected chi connectivity index (χ2v) is 5.30. The molecule has 2 N–H and O–H groups in total. The van der Waals surface area contributed by atoms with Crippen LogP contribution in [0.4, 0.5) is 0 Å². The minimum atomic E-state index is -2.13. The Morgan fingerprint density at radius 3 is 2.08 bits per heavy atom. The maximum atomic E-state index is 10.5. The summed E-state index contributed by atoms with van der Waals surface area (Å²) in [5, 5.41) is 18.0. The number of alkyl halides is 2. The summed E-state index contributed by atoms with van der Waals surface area (Å²) in [5.41, 5.74) is 0. The molecule has 0 amide bonds. The molecule has 0 aliphatic heterocycles. The van der Waals surface area contributed by atoms with E-state index in [0.717, 1.165) is 0 Å². The van der Waals surface area contributed by atoms with E-state index in [-0.39, 0.29) is 6.54 Å². The van der Waals surface area contributed by atoms with Crippen LogP contribution in [0.5, 0.6) is 0 Å².